The standard InChI is InChI=1S/C11H14BrNS/c1-14-9-4-5-11(10(12)6-9)13-7-8-2-3-8/h4-6,8,13H,2-3,7H2,1H3. The highest BCUT2D eigenvalue weighted by molar-refractivity contribution is 9.10. The fourth-order valence-electron chi connectivity index (χ4n) is 1.34. The van der Waals surface area contributed by atoms with Gasteiger partial charge < -0.3 is 5.32 Å². The van der Waals surface area contributed by atoms with Gasteiger partial charge in [0.25, 0.3) is 0 Å². The van der Waals surface area contributed by atoms with E-state index in [1.807, 2.05) is 0 Å². The fourth-order valence-corrected chi connectivity index (χ4v) is 2.45. The van der Waals surface area contributed by atoms with E-state index in [4.69, 9.17) is 0 Å². The lowest BCUT2D eigenvalue weighted by atomic mass is 10.3. The van der Waals surface area contributed by atoms with Gasteiger partial charge in [-0.3, -0.25) is 0 Å². The van der Waals surface area contributed by atoms with Crippen molar-refractivity contribution in [3.05, 3.63) is 22.7 Å². The smallest absolute Gasteiger partial charge is 0.0485 e. The van der Waals surface area contributed by atoms with Crippen LogP contribution >= 0.6 is 27.7 Å². The average molecular weight is 272 g/mol. The van der Waals surface area contributed by atoms with Crippen LogP contribution in [-0.2, 0) is 0 Å². The van der Waals surface area contributed by atoms with Gasteiger partial charge in [-0.2, -0.15) is 0 Å². The minimum Gasteiger partial charge on any atom is -0.384 e. The predicted octanol–water partition coefficient (Wildman–Crippen LogP) is 3.99. The first-order valence-corrected chi connectivity index (χ1v) is 6.89. The lowest BCUT2D eigenvalue weighted by Gasteiger charge is -2.08. The molecule has 0 amide bonds. The molecule has 1 aliphatic carbocycles. The van der Waals surface area contributed by atoms with Gasteiger partial charge in [0.05, 0.1) is 0 Å². The molecule has 1 aromatic carbocycles. The van der Waals surface area contributed by atoms with Gasteiger partial charge in [-0.25, -0.2) is 0 Å². The zero-order chi connectivity index (χ0) is 9.97. The summed E-state index contributed by atoms with van der Waals surface area (Å²) < 4.78 is 1.17. The third-order valence-electron chi connectivity index (χ3n) is 2.45. The Morgan fingerprint density at radius 2 is 2.29 bits per heavy atom. The minimum absolute atomic E-state index is 0.919. The summed E-state index contributed by atoms with van der Waals surface area (Å²) in [4.78, 5) is 1.30. The molecule has 0 aliphatic heterocycles. The van der Waals surface area contributed by atoms with Crippen LogP contribution in [0.4, 0.5) is 5.69 Å². The third kappa shape index (κ3) is 2.67. The number of thioether (sulfide) groups is 1. The van der Waals surface area contributed by atoms with Crippen molar-refractivity contribution < 1.29 is 0 Å². The van der Waals surface area contributed by atoms with Gasteiger partial charge in [0, 0.05) is 21.6 Å². The molecular formula is C11H14BrNS. The number of benzene rings is 1. The topological polar surface area (TPSA) is 12.0 Å². The second-order valence-corrected chi connectivity index (χ2v) is 5.40. The van der Waals surface area contributed by atoms with Crippen molar-refractivity contribution in [1.29, 1.82) is 0 Å². The molecule has 76 valence electrons. The quantitative estimate of drug-likeness (QED) is 0.832. The highest BCUT2D eigenvalue weighted by Crippen LogP contribution is 2.31. The lowest BCUT2D eigenvalue weighted by molar-refractivity contribution is 0.888. The SMILES string of the molecule is CSc1ccc(NCC2CC2)c(Br)c1. The second-order valence-electron chi connectivity index (χ2n) is 3.67. The zero-order valence-electron chi connectivity index (χ0n) is 8.22. The van der Waals surface area contributed by atoms with Crippen LogP contribution in [0.5, 0.6) is 0 Å². The summed E-state index contributed by atoms with van der Waals surface area (Å²) in [5.74, 6) is 0.919. The third-order valence-corrected chi connectivity index (χ3v) is 3.84. The fraction of sp³-hybridized carbons (Fsp3) is 0.455. The zero-order valence-corrected chi connectivity index (χ0v) is 10.6. The molecule has 0 aromatic heterocycles. The van der Waals surface area contributed by atoms with Crippen molar-refractivity contribution in [2.75, 3.05) is 18.1 Å². The van der Waals surface area contributed by atoms with Crippen LogP contribution in [0, 0.1) is 5.92 Å². The first kappa shape index (κ1) is 10.4. The lowest BCUT2D eigenvalue weighted by Crippen LogP contribution is -2.03. The van der Waals surface area contributed by atoms with E-state index in [1.54, 1.807) is 11.8 Å². The molecule has 1 aromatic rings. The van der Waals surface area contributed by atoms with Crippen LogP contribution in [0.2, 0.25) is 0 Å². The Hall–Kier alpha value is -0.150. The number of anilines is 1. The van der Waals surface area contributed by atoms with E-state index >= 15 is 0 Å². The molecule has 0 spiro atoms. The molecule has 0 heterocycles. The molecule has 1 nitrogen and oxygen atoms in total. The van der Waals surface area contributed by atoms with Crippen LogP contribution in [0.1, 0.15) is 12.8 Å². The van der Waals surface area contributed by atoms with Gasteiger partial charge in [-0.05, 0) is 59.1 Å². The molecule has 0 atom stereocenters. The molecule has 14 heavy (non-hydrogen) atoms. The van der Waals surface area contributed by atoms with Crippen molar-refractivity contribution >= 4 is 33.4 Å². The van der Waals surface area contributed by atoms with E-state index in [0.29, 0.717) is 0 Å². The maximum atomic E-state index is 3.58. The van der Waals surface area contributed by atoms with Gasteiger partial charge >= 0.3 is 0 Å². The molecule has 0 radical (unpaired) electrons. The van der Waals surface area contributed by atoms with E-state index in [-0.39, 0.29) is 0 Å². The van der Waals surface area contributed by atoms with Crippen molar-refractivity contribution in [2.24, 2.45) is 5.92 Å². The van der Waals surface area contributed by atoms with Crippen LogP contribution in [0.25, 0.3) is 0 Å². The van der Waals surface area contributed by atoms with Crippen molar-refractivity contribution in [2.45, 2.75) is 17.7 Å². The van der Waals surface area contributed by atoms with E-state index in [9.17, 15) is 0 Å². The second kappa shape index (κ2) is 4.58. The van der Waals surface area contributed by atoms with Crippen molar-refractivity contribution in [3.8, 4) is 0 Å². The Kier molecular flexibility index (Phi) is 3.39. The average Bonchev–Trinajstić information content (AvgIpc) is 2.99. The maximum absolute atomic E-state index is 3.58. The summed E-state index contributed by atoms with van der Waals surface area (Å²) in [5.41, 5.74) is 1.22. The number of halogens is 1. The Morgan fingerprint density at radius 3 is 2.86 bits per heavy atom. The van der Waals surface area contributed by atoms with Gasteiger partial charge in [-0.1, -0.05) is 0 Å². The highest BCUT2D eigenvalue weighted by atomic mass is 79.9. The molecule has 1 fully saturated rings. The first-order chi connectivity index (χ1) is 6.79. The first-order valence-electron chi connectivity index (χ1n) is 4.87. The molecule has 1 saturated carbocycles. The largest absolute Gasteiger partial charge is 0.384 e. The normalized spacial score (nSPS) is 15.6. The van der Waals surface area contributed by atoms with Crippen molar-refractivity contribution in [1.82, 2.24) is 0 Å². The van der Waals surface area contributed by atoms with Gasteiger partial charge in [-0.15, -0.1) is 11.8 Å². The van der Waals surface area contributed by atoms with Crippen molar-refractivity contribution in [3.63, 3.8) is 0 Å². The monoisotopic (exact) mass is 271 g/mol. The predicted molar refractivity (Wildman–Crippen MR) is 67.1 cm³/mol. The summed E-state index contributed by atoms with van der Waals surface area (Å²) in [6, 6.07) is 6.48. The van der Waals surface area contributed by atoms with Crippen LogP contribution in [-0.4, -0.2) is 12.8 Å². The number of nitrogens with one attached hydrogen (secondary N) is 1. The molecule has 3 heteroatoms. The van der Waals surface area contributed by atoms with E-state index in [0.717, 1.165) is 12.5 Å². The summed E-state index contributed by atoms with van der Waals surface area (Å²) in [6.07, 6.45) is 4.89. The summed E-state index contributed by atoms with van der Waals surface area (Å²) in [6.45, 7) is 1.12. The molecule has 2 rings (SSSR count). The highest BCUT2D eigenvalue weighted by Gasteiger charge is 2.20. The molecule has 0 saturated heterocycles. The summed E-state index contributed by atoms with van der Waals surface area (Å²) in [7, 11) is 0. The van der Waals surface area contributed by atoms with E-state index < -0.39 is 0 Å². The van der Waals surface area contributed by atoms with E-state index in [1.165, 1.54) is 27.9 Å². The van der Waals surface area contributed by atoms with Gasteiger partial charge in [0.15, 0.2) is 0 Å². The Labute approximate surface area is 97.8 Å². The Balaban J connectivity index is 2.01. The number of hydrogen-bond donors (Lipinski definition) is 1. The van der Waals surface area contributed by atoms with E-state index in [2.05, 4.69) is 45.7 Å². The summed E-state index contributed by atoms with van der Waals surface area (Å²) >= 11 is 5.35. The molecular weight excluding hydrogens is 258 g/mol. The molecule has 0 unspecified atom stereocenters. The Bertz CT molecular complexity index is 323. The number of rotatable bonds is 4. The van der Waals surface area contributed by atoms with Gasteiger partial charge in [0.2, 0.25) is 0 Å². The van der Waals surface area contributed by atoms with Gasteiger partial charge in [0.1, 0.15) is 0 Å². The Morgan fingerprint density at radius 1 is 1.50 bits per heavy atom. The maximum Gasteiger partial charge on any atom is 0.0485 e. The summed E-state index contributed by atoms with van der Waals surface area (Å²) in [5, 5.41) is 3.47. The molecule has 1 N–H and O–H groups in total. The van der Waals surface area contributed by atoms with Crippen LogP contribution in [0.15, 0.2) is 27.6 Å². The molecule has 1 aliphatic rings. The van der Waals surface area contributed by atoms with Crippen LogP contribution < -0.4 is 5.32 Å². The molecule has 0 bridgehead atoms. The van der Waals surface area contributed by atoms with Crippen LogP contribution in [0.3, 0.4) is 0 Å². The number of hydrogen-bond acceptors (Lipinski definition) is 2. The minimum atomic E-state index is 0.919.